The number of nitrogens with one attached hydrogen (secondary N) is 3. The van der Waals surface area contributed by atoms with Crippen LogP contribution in [0.25, 0.3) is 0 Å². The summed E-state index contributed by atoms with van der Waals surface area (Å²) >= 11 is 0. The first-order chi connectivity index (χ1) is 11.5. The predicted molar refractivity (Wildman–Crippen MR) is 91.3 cm³/mol. The van der Waals surface area contributed by atoms with Crippen LogP contribution in [0.15, 0.2) is 18.2 Å². The minimum Gasteiger partial charge on any atom is -0.325 e. The van der Waals surface area contributed by atoms with Crippen LogP contribution in [0.5, 0.6) is 0 Å². The smallest absolute Gasteiger partial charge is 0.276 e. The molecule has 24 heavy (non-hydrogen) atoms. The predicted octanol–water partition coefficient (Wildman–Crippen LogP) is 2.77. The number of rotatable bonds is 2. The summed E-state index contributed by atoms with van der Waals surface area (Å²) in [6, 6.07) is 5.50. The third kappa shape index (κ3) is 2.21. The summed E-state index contributed by atoms with van der Waals surface area (Å²) in [5.74, 6) is -0.230. The van der Waals surface area contributed by atoms with Gasteiger partial charge in [0, 0.05) is 22.6 Å². The first-order valence-corrected chi connectivity index (χ1v) is 8.30. The SMILES string of the molecule is CC1(C)C(=O)Nc2ccc(NC(=O)c3n[nH]c4c3CCCC4)cc21. The van der Waals surface area contributed by atoms with E-state index in [4.69, 9.17) is 0 Å². The molecule has 124 valence electrons. The number of aryl methyl sites for hydroxylation is 1. The van der Waals surface area contributed by atoms with Crippen molar-refractivity contribution in [1.29, 1.82) is 0 Å². The fourth-order valence-corrected chi connectivity index (χ4v) is 3.51. The number of amides is 2. The number of carbonyl (C=O) groups excluding carboxylic acids is 2. The number of fused-ring (bicyclic) bond motifs is 2. The lowest BCUT2D eigenvalue weighted by molar-refractivity contribution is -0.119. The number of aromatic amines is 1. The van der Waals surface area contributed by atoms with Gasteiger partial charge in [0.25, 0.3) is 5.91 Å². The maximum absolute atomic E-state index is 12.6. The van der Waals surface area contributed by atoms with Crippen LogP contribution in [0.1, 0.15) is 54.0 Å². The van der Waals surface area contributed by atoms with Gasteiger partial charge in [-0.15, -0.1) is 0 Å². The topological polar surface area (TPSA) is 86.9 Å². The van der Waals surface area contributed by atoms with Crippen LogP contribution in [0, 0.1) is 0 Å². The number of hydrogen-bond acceptors (Lipinski definition) is 3. The molecule has 0 fully saturated rings. The Labute approximate surface area is 140 Å². The fraction of sp³-hybridized carbons (Fsp3) is 0.389. The molecule has 0 unspecified atom stereocenters. The third-order valence-electron chi connectivity index (χ3n) is 5.04. The largest absolute Gasteiger partial charge is 0.325 e. The Kier molecular flexibility index (Phi) is 3.23. The fourth-order valence-electron chi connectivity index (χ4n) is 3.51. The van der Waals surface area contributed by atoms with Crippen LogP contribution in [0.3, 0.4) is 0 Å². The van der Waals surface area contributed by atoms with Gasteiger partial charge >= 0.3 is 0 Å². The Balaban J connectivity index is 1.61. The van der Waals surface area contributed by atoms with Crippen LogP contribution in [-0.4, -0.2) is 22.0 Å². The van der Waals surface area contributed by atoms with Gasteiger partial charge in [0.1, 0.15) is 0 Å². The molecule has 0 saturated heterocycles. The maximum Gasteiger partial charge on any atom is 0.276 e. The van der Waals surface area contributed by atoms with Crippen LogP contribution >= 0.6 is 0 Å². The van der Waals surface area contributed by atoms with Crippen molar-refractivity contribution >= 4 is 23.2 Å². The third-order valence-corrected chi connectivity index (χ3v) is 5.04. The summed E-state index contributed by atoms with van der Waals surface area (Å²) in [4.78, 5) is 24.6. The van der Waals surface area contributed by atoms with Crippen molar-refractivity contribution < 1.29 is 9.59 Å². The molecule has 2 aliphatic rings. The number of carbonyl (C=O) groups is 2. The van der Waals surface area contributed by atoms with Crippen molar-refractivity contribution in [3.63, 3.8) is 0 Å². The molecule has 6 heteroatoms. The lowest BCUT2D eigenvalue weighted by atomic mass is 9.86. The van der Waals surface area contributed by atoms with E-state index < -0.39 is 5.41 Å². The Hall–Kier alpha value is -2.63. The monoisotopic (exact) mass is 324 g/mol. The van der Waals surface area contributed by atoms with Gasteiger partial charge in [-0.05, 0) is 63.3 Å². The normalized spacial score (nSPS) is 17.8. The highest BCUT2D eigenvalue weighted by Crippen LogP contribution is 2.38. The van der Waals surface area contributed by atoms with Crippen molar-refractivity contribution in [1.82, 2.24) is 10.2 Å². The van der Waals surface area contributed by atoms with Gasteiger partial charge in [0.15, 0.2) is 5.69 Å². The molecule has 6 nitrogen and oxygen atoms in total. The maximum atomic E-state index is 12.6. The van der Waals surface area contributed by atoms with Crippen LogP contribution in [-0.2, 0) is 23.1 Å². The van der Waals surface area contributed by atoms with Crippen molar-refractivity contribution in [2.75, 3.05) is 10.6 Å². The number of anilines is 2. The quantitative estimate of drug-likeness (QED) is 0.794. The van der Waals surface area contributed by atoms with Crippen molar-refractivity contribution in [3.8, 4) is 0 Å². The highest BCUT2D eigenvalue weighted by Gasteiger charge is 2.38. The van der Waals surface area contributed by atoms with Gasteiger partial charge in [0.2, 0.25) is 5.91 Å². The molecule has 2 amide bonds. The van der Waals surface area contributed by atoms with E-state index in [0.29, 0.717) is 11.4 Å². The van der Waals surface area contributed by atoms with E-state index in [0.717, 1.165) is 48.2 Å². The van der Waals surface area contributed by atoms with Gasteiger partial charge in [-0.1, -0.05) is 0 Å². The zero-order valence-electron chi connectivity index (χ0n) is 13.8. The molecule has 0 atom stereocenters. The Bertz CT molecular complexity index is 851. The molecular weight excluding hydrogens is 304 g/mol. The van der Waals surface area contributed by atoms with Crippen LogP contribution in [0.2, 0.25) is 0 Å². The van der Waals surface area contributed by atoms with E-state index >= 15 is 0 Å². The number of benzene rings is 1. The summed E-state index contributed by atoms with van der Waals surface area (Å²) in [6.07, 6.45) is 4.07. The highest BCUT2D eigenvalue weighted by molar-refractivity contribution is 6.07. The molecule has 2 heterocycles. The summed E-state index contributed by atoms with van der Waals surface area (Å²) < 4.78 is 0. The molecule has 0 spiro atoms. The molecular formula is C18H20N4O2. The standard InChI is InChI=1S/C18H20N4O2/c1-18(2)12-9-10(7-8-14(12)20-17(18)24)19-16(23)15-11-5-3-4-6-13(11)21-22-15/h7-9H,3-6H2,1-2H3,(H,19,23)(H,20,24)(H,21,22). The molecule has 0 bridgehead atoms. The minimum atomic E-state index is -0.596. The van der Waals surface area contributed by atoms with Crippen molar-refractivity contribution in [2.24, 2.45) is 0 Å². The molecule has 1 aliphatic heterocycles. The van der Waals surface area contributed by atoms with E-state index in [-0.39, 0.29) is 11.8 Å². The second kappa shape index (κ2) is 5.19. The summed E-state index contributed by atoms with van der Waals surface area (Å²) in [7, 11) is 0. The summed E-state index contributed by atoms with van der Waals surface area (Å²) in [5.41, 5.74) is 4.39. The first kappa shape index (κ1) is 14.9. The molecule has 1 aromatic heterocycles. The number of H-pyrrole nitrogens is 1. The van der Waals surface area contributed by atoms with E-state index in [9.17, 15) is 9.59 Å². The Morgan fingerprint density at radius 2 is 2.04 bits per heavy atom. The number of aromatic nitrogens is 2. The van der Waals surface area contributed by atoms with Crippen molar-refractivity contribution in [3.05, 3.63) is 40.7 Å². The van der Waals surface area contributed by atoms with Gasteiger partial charge in [0.05, 0.1) is 5.41 Å². The second-order valence-corrected chi connectivity index (χ2v) is 7.03. The average Bonchev–Trinajstić information content (AvgIpc) is 3.08. The zero-order chi connectivity index (χ0) is 16.9. The lowest BCUT2D eigenvalue weighted by Crippen LogP contribution is -2.27. The van der Waals surface area contributed by atoms with Gasteiger partial charge in [-0.3, -0.25) is 14.7 Å². The summed E-state index contributed by atoms with van der Waals surface area (Å²) in [5, 5.41) is 13.0. The average molecular weight is 324 g/mol. The number of hydrogen-bond donors (Lipinski definition) is 3. The van der Waals surface area contributed by atoms with Crippen LogP contribution < -0.4 is 10.6 Å². The minimum absolute atomic E-state index is 0.0256. The van der Waals surface area contributed by atoms with E-state index in [1.807, 2.05) is 26.0 Å². The van der Waals surface area contributed by atoms with Gasteiger partial charge in [-0.25, -0.2) is 0 Å². The molecule has 2 aromatic rings. The summed E-state index contributed by atoms with van der Waals surface area (Å²) in [6.45, 7) is 3.76. The van der Waals surface area contributed by atoms with E-state index in [1.54, 1.807) is 6.07 Å². The number of nitrogens with zero attached hydrogens (tertiary/aromatic N) is 1. The van der Waals surface area contributed by atoms with Gasteiger partial charge in [-0.2, -0.15) is 5.10 Å². The molecule has 1 aliphatic carbocycles. The molecule has 4 rings (SSSR count). The Morgan fingerprint density at radius 3 is 2.88 bits per heavy atom. The first-order valence-electron chi connectivity index (χ1n) is 8.30. The Morgan fingerprint density at radius 1 is 1.25 bits per heavy atom. The van der Waals surface area contributed by atoms with Crippen LogP contribution in [0.4, 0.5) is 11.4 Å². The molecule has 0 saturated carbocycles. The van der Waals surface area contributed by atoms with E-state index in [2.05, 4.69) is 20.8 Å². The second-order valence-electron chi connectivity index (χ2n) is 7.03. The zero-order valence-corrected chi connectivity index (χ0v) is 13.8. The van der Waals surface area contributed by atoms with Gasteiger partial charge < -0.3 is 10.6 Å². The molecule has 1 aromatic carbocycles. The molecule has 0 radical (unpaired) electrons. The highest BCUT2D eigenvalue weighted by atomic mass is 16.2. The van der Waals surface area contributed by atoms with E-state index in [1.165, 1.54) is 0 Å². The molecule has 3 N–H and O–H groups in total. The van der Waals surface area contributed by atoms with Crippen molar-refractivity contribution in [2.45, 2.75) is 44.9 Å². The lowest BCUT2D eigenvalue weighted by Gasteiger charge is -2.16.